The second-order valence-electron chi connectivity index (χ2n) is 6.27. The molecule has 29 heavy (non-hydrogen) atoms. The van der Waals surface area contributed by atoms with E-state index in [-0.39, 0.29) is 12.2 Å². The zero-order chi connectivity index (χ0) is 20.5. The van der Waals surface area contributed by atoms with Crippen LogP contribution in [0.3, 0.4) is 0 Å². The third-order valence-electron chi connectivity index (χ3n) is 4.53. The molecule has 0 aliphatic carbocycles. The van der Waals surface area contributed by atoms with E-state index in [4.69, 9.17) is 4.74 Å². The lowest BCUT2D eigenvalue weighted by molar-refractivity contribution is -0.384. The molecule has 2 aromatic heterocycles. The second-order valence-corrected chi connectivity index (χ2v) is 7.19. The van der Waals surface area contributed by atoms with Crippen molar-refractivity contribution in [1.82, 2.24) is 9.13 Å². The lowest BCUT2D eigenvalue weighted by Crippen LogP contribution is -2.38. The fourth-order valence-corrected chi connectivity index (χ4v) is 3.99. The maximum Gasteiger partial charge on any atom is 0.336 e. The predicted octanol–water partition coefficient (Wildman–Crippen LogP) is 3.18. The molecule has 4 aromatic rings. The van der Waals surface area contributed by atoms with E-state index in [0.717, 1.165) is 4.57 Å². The van der Waals surface area contributed by atoms with Crippen LogP contribution in [0.2, 0.25) is 0 Å². The zero-order valence-electron chi connectivity index (χ0n) is 15.3. The molecule has 0 bridgehead atoms. The molecule has 0 saturated carbocycles. The second kappa shape index (κ2) is 7.36. The van der Waals surface area contributed by atoms with Crippen LogP contribution in [0.5, 0.6) is 5.75 Å². The summed E-state index contributed by atoms with van der Waals surface area (Å²) in [5.74, 6) is 0.519. The van der Waals surface area contributed by atoms with Crippen molar-refractivity contribution in [2.45, 2.75) is 6.54 Å². The fraction of sp³-hybridized carbons (Fsp3) is 0.100. The molecule has 9 heteroatoms. The number of nitrogens with zero attached hydrogens (tertiary/aromatic N) is 3. The van der Waals surface area contributed by atoms with E-state index < -0.39 is 16.2 Å². The zero-order valence-corrected chi connectivity index (χ0v) is 16.1. The largest absolute Gasteiger partial charge is 0.497 e. The molecular weight excluding hydrogens is 394 g/mol. The van der Waals surface area contributed by atoms with Crippen molar-refractivity contribution in [3.8, 4) is 11.4 Å². The average molecular weight is 409 g/mol. The number of benzene rings is 2. The molecule has 4 rings (SSSR count). The van der Waals surface area contributed by atoms with Gasteiger partial charge in [0.25, 0.3) is 11.2 Å². The van der Waals surface area contributed by atoms with Crippen LogP contribution >= 0.6 is 11.3 Å². The normalized spacial score (nSPS) is 10.9. The van der Waals surface area contributed by atoms with Gasteiger partial charge in [-0.2, -0.15) is 0 Å². The summed E-state index contributed by atoms with van der Waals surface area (Å²) in [5.41, 5.74) is 0.477. The smallest absolute Gasteiger partial charge is 0.336 e. The third kappa shape index (κ3) is 3.32. The number of methoxy groups -OCH3 is 1. The molecule has 0 saturated heterocycles. The summed E-state index contributed by atoms with van der Waals surface area (Å²) >= 11 is 1.24. The monoisotopic (exact) mass is 409 g/mol. The molecule has 0 aliphatic rings. The van der Waals surface area contributed by atoms with Gasteiger partial charge in [0, 0.05) is 18.2 Å². The highest BCUT2D eigenvalue weighted by Gasteiger charge is 2.17. The molecule has 0 N–H and O–H groups in total. The van der Waals surface area contributed by atoms with Crippen molar-refractivity contribution in [2.24, 2.45) is 0 Å². The number of rotatable bonds is 5. The van der Waals surface area contributed by atoms with Crippen molar-refractivity contribution in [1.29, 1.82) is 0 Å². The summed E-state index contributed by atoms with van der Waals surface area (Å²) < 4.78 is 8.18. The number of thiophene rings is 1. The first kappa shape index (κ1) is 18.6. The van der Waals surface area contributed by atoms with Crippen LogP contribution in [0.25, 0.3) is 15.9 Å². The van der Waals surface area contributed by atoms with Crippen LogP contribution in [0.15, 0.2) is 69.6 Å². The molecule has 2 heterocycles. The van der Waals surface area contributed by atoms with E-state index in [1.54, 1.807) is 47.8 Å². The Morgan fingerprint density at radius 1 is 1.10 bits per heavy atom. The van der Waals surface area contributed by atoms with E-state index >= 15 is 0 Å². The average Bonchev–Trinajstić information content (AvgIpc) is 3.22. The molecule has 0 radical (unpaired) electrons. The van der Waals surface area contributed by atoms with Gasteiger partial charge in [0.15, 0.2) is 0 Å². The number of non-ortho nitro benzene ring substituents is 1. The molecule has 0 atom stereocenters. The number of aromatic nitrogens is 2. The van der Waals surface area contributed by atoms with E-state index in [0.29, 0.717) is 27.2 Å². The highest BCUT2D eigenvalue weighted by atomic mass is 32.1. The SMILES string of the molecule is COc1cccc(-n2c(=O)c3sccc3n(Cc3cccc([N+](=O)[O-])c3)c2=O)c1. The Kier molecular flexibility index (Phi) is 4.73. The van der Waals surface area contributed by atoms with Gasteiger partial charge in [-0.15, -0.1) is 11.3 Å². The highest BCUT2D eigenvalue weighted by molar-refractivity contribution is 7.17. The van der Waals surface area contributed by atoms with Crippen LogP contribution in [-0.2, 0) is 6.54 Å². The van der Waals surface area contributed by atoms with Gasteiger partial charge in [0.05, 0.1) is 29.8 Å². The summed E-state index contributed by atoms with van der Waals surface area (Å²) in [4.78, 5) is 36.9. The van der Waals surface area contributed by atoms with Gasteiger partial charge in [-0.25, -0.2) is 9.36 Å². The van der Waals surface area contributed by atoms with Crippen molar-refractivity contribution >= 4 is 27.2 Å². The molecule has 0 unspecified atom stereocenters. The predicted molar refractivity (Wildman–Crippen MR) is 110 cm³/mol. The summed E-state index contributed by atoms with van der Waals surface area (Å²) in [6.45, 7) is 0.0952. The molecule has 2 aromatic carbocycles. The van der Waals surface area contributed by atoms with Gasteiger partial charge in [-0.05, 0) is 29.1 Å². The van der Waals surface area contributed by atoms with E-state index in [9.17, 15) is 19.7 Å². The van der Waals surface area contributed by atoms with E-state index in [1.807, 2.05) is 0 Å². The molecule has 8 nitrogen and oxygen atoms in total. The van der Waals surface area contributed by atoms with Crippen LogP contribution in [0.4, 0.5) is 5.69 Å². The summed E-state index contributed by atoms with van der Waals surface area (Å²) in [6.07, 6.45) is 0. The first-order valence-corrected chi connectivity index (χ1v) is 9.48. The topological polar surface area (TPSA) is 96.4 Å². The van der Waals surface area contributed by atoms with Crippen LogP contribution in [0.1, 0.15) is 5.56 Å². The molecule has 0 fully saturated rings. The maximum absolute atomic E-state index is 13.3. The minimum Gasteiger partial charge on any atom is -0.497 e. The third-order valence-corrected chi connectivity index (χ3v) is 5.42. The Morgan fingerprint density at radius 2 is 1.90 bits per heavy atom. The lowest BCUT2D eigenvalue weighted by Gasteiger charge is -2.13. The minimum atomic E-state index is -0.527. The summed E-state index contributed by atoms with van der Waals surface area (Å²) in [7, 11) is 1.50. The summed E-state index contributed by atoms with van der Waals surface area (Å²) in [5, 5.41) is 12.8. The Morgan fingerprint density at radius 3 is 2.66 bits per heavy atom. The standard InChI is InChI=1S/C20H15N3O5S/c1-28-16-7-3-5-14(11-16)22-19(24)18-17(8-9-29-18)21(20(22)25)12-13-4-2-6-15(10-13)23(26)27/h2-11H,12H2,1H3. The first-order valence-electron chi connectivity index (χ1n) is 8.60. The fourth-order valence-electron chi connectivity index (χ4n) is 3.17. The Hall–Kier alpha value is -3.72. The van der Waals surface area contributed by atoms with E-state index in [2.05, 4.69) is 0 Å². The number of hydrogen-bond acceptors (Lipinski definition) is 6. The number of fused-ring (bicyclic) bond motifs is 1. The van der Waals surface area contributed by atoms with Gasteiger partial charge in [-0.3, -0.25) is 19.5 Å². The van der Waals surface area contributed by atoms with Crippen molar-refractivity contribution in [3.05, 3.63) is 96.5 Å². The first-order chi connectivity index (χ1) is 14.0. The van der Waals surface area contributed by atoms with E-state index in [1.165, 1.54) is 35.1 Å². The van der Waals surface area contributed by atoms with Gasteiger partial charge in [0.1, 0.15) is 10.4 Å². The highest BCUT2D eigenvalue weighted by Crippen LogP contribution is 2.20. The molecule has 146 valence electrons. The number of ether oxygens (including phenoxy) is 1. The molecule has 0 amide bonds. The lowest BCUT2D eigenvalue weighted by atomic mass is 10.2. The number of hydrogen-bond donors (Lipinski definition) is 0. The maximum atomic E-state index is 13.3. The molecule has 0 spiro atoms. The van der Waals surface area contributed by atoms with Crippen molar-refractivity contribution in [3.63, 3.8) is 0 Å². The number of nitro groups is 1. The van der Waals surface area contributed by atoms with Crippen LogP contribution < -0.4 is 16.0 Å². The quantitative estimate of drug-likeness (QED) is 0.373. The summed E-state index contributed by atoms with van der Waals surface area (Å²) in [6, 6.07) is 14.5. The van der Waals surface area contributed by atoms with Crippen LogP contribution in [-0.4, -0.2) is 21.2 Å². The van der Waals surface area contributed by atoms with Gasteiger partial charge in [-0.1, -0.05) is 18.2 Å². The van der Waals surface area contributed by atoms with Crippen molar-refractivity contribution < 1.29 is 9.66 Å². The van der Waals surface area contributed by atoms with Gasteiger partial charge >= 0.3 is 5.69 Å². The Labute approximate surface area is 168 Å². The van der Waals surface area contributed by atoms with Crippen molar-refractivity contribution in [2.75, 3.05) is 7.11 Å². The van der Waals surface area contributed by atoms with Gasteiger partial charge in [0.2, 0.25) is 0 Å². The molecule has 0 aliphatic heterocycles. The van der Waals surface area contributed by atoms with Gasteiger partial charge < -0.3 is 4.74 Å². The Bertz CT molecular complexity index is 1350. The van der Waals surface area contributed by atoms with Crippen LogP contribution in [0, 0.1) is 10.1 Å². The number of nitro benzene ring substituents is 1. The molecular formula is C20H15N3O5S. The Balaban J connectivity index is 1.94. The minimum absolute atomic E-state index is 0.0572.